The molecule has 9 nitrogen and oxygen atoms in total. The molecular weight excluding hydrogens is 444 g/mol. The summed E-state index contributed by atoms with van der Waals surface area (Å²) >= 11 is 0. The van der Waals surface area contributed by atoms with E-state index < -0.39 is 16.0 Å². The quantitative estimate of drug-likeness (QED) is 0.614. The van der Waals surface area contributed by atoms with Crippen LogP contribution in [0.15, 0.2) is 47.5 Å². The first-order valence-electron chi connectivity index (χ1n) is 11.2. The minimum atomic E-state index is -3.62. The smallest absolute Gasteiger partial charge is 0.339 e. The zero-order valence-corrected chi connectivity index (χ0v) is 19.4. The van der Waals surface area contributed by atoms with E-state index in [4.69, 9.17) is 4.74 Å². The zero-order chi connectivity index (χ0) is 23.4. The van der Waals surface area contributed by atoms with E-state index in [9.17, 15) is 18.0 Å². The lowest BCUT2D eigenvalue weighted by molar-refractivity contribution is 0.0525. The number of nitrogens with zero attached hydrogens (tertiary/aromatic N) is 3. The second-order valence-corrected chi connectivity index (χ2v) is 9.90. The lowest BCUT2D eigenvalue weighted by Gasteiger charge is -2.23. The highest BCUT2D eigenvalue weighted by Crippen LogP contribution is 2.23. The van der Waals surface area contributed by atoms with Gasteiger partial charge >= 0.3 is 5.97 Å². The van der Waals surface area contributed by atoms with Crippen molar-refractivity contribution in [3.05, 3.63) is 53.7 Å². The van der Waals surface area contributed by atoms with E-state index in [1.807, 2.05) is 0 Å². The minimum absolute atomic E-state index is 0.00548. The van der Waals surface area contributed by atoms with Crippen LogP contribution in [-0.2, 0) is 14.8 Å². The molecule has 1 saturated carbocycles. The maximum atomic E-state index is 13.1. The molecule has 176 valence electrons. The van der Waals surface area contributed by atoms with E-state index in [-0.39, 0.29) is 16.8 Å². The number of hydrogen-bond acceptors (Lipinski definition) is 7. The van der Waals surface area contributed by atoms with Crippen LogP contribution in [0.4, 0.5) is 5.82 Å². The predicted octanol–water partition coefficient (Wildman–Crippen LogP) is 2.05. The third-order valence-electron chi connectivity index (χ3n) is 5.66. The summed E-state index contributed by atoms with van der Waals surface area (Å²) in [5.74, 6) is 0.142. The number of hydrogen-bond donors (Lipinski definition) is 1. The number of rotatable bonds is 7. The van der Waals surface area contributed by atoms with Crippen LogP contribution in [-0.4, -0.2) is 69.0 Å². The van der Waals surface area contributed by atoms with Crippen molar-refractivity contribution < 1.29 is 22.7 Å². The summed E-state index contributed by atoms with van der Waals surface area (Å²) in [6.45, 7) is 4.41. The number of benzene rings is 1. The molecule has 2 fully saturated rings. The Labute approximate surface area is 193 Å². The van der Waals surface area contributed by atoms with E-state index in [1.165, 1.54) is 18.3 Å². The summed E-state index contributed by atoms with van der Waals surface area (Å²) in [7, 11) is -3.62. The van der Waals surface area contributed by atoms with Gasteiger partial charge in [0.1, 0.15) is 5.82 Å². The van der Waals surface area contributed by atoms with Gasteiger partial charge in [0.2, 0.25) is 10.0 Å². The van der Waals surface area contributed by atoms with Gasteiger partial charge in [-0.1, -0.05) is 6.07 Å². The highest BCUT2D eigenvalue weighted by atomic mass is 32.2. The molecule has 33 heavy (non-hydrogen) atoms. The van der Waals surface area contributed by atoms with E-state index in [1.54, 1.807) is 36.1 Å². The number of carbonyl (C=O) groups is 2. The van der Waals surface area contributed by atoms with Crippen LogP contribution in [0, 0.1) is 0 Å². The van der Waals surface area contributed by atoms with Gasteiger partial charge in [0.15, 0.2) is 0 Å². The summed E-state index contributed by atoms with van der Waals surface area (Å²) in [5, 5.41) is 0. The number of carbonyl (C=O) groups excluding carboxylic acids is 2. The number of nitrogens with one attached hydrogen (secondary N) is 1. The zero-order valence-electron chi connectivity index (χ0n) is 18.6. The number of pyridine rings is 1. The molecule has 1 aliphatic carbocycles. The van der Waals surface area contributed by atoms with Gasteiger partial charge in [-0.15, -0.1) is 0 Å². The Morgan fingerprint density at radius 2 is 1.91 bits per heavy atom. The van der Waals surface area contributed by atoms with Gasteiger partial charge in [0.05, 0.1) is 17.1 Å². The largest absolute Gasteiger partial charge is 0.462 e. The lowest BCUT2D eigenvalue weighted by atomic mass is 10.2. The van der Waals surface area contributed by atoms with Crippen LogP contribution >= 0.6 is 0 Å². The average Bonchev–Trinajstić information content (AvgIpc) is 3.65. The van der Waals surface area contributed by atoms with Crippen LogP contribution in [0.3, 0.4) is 0 Å². The Balaban J connectivity index is 1.41. The van der Waals surface area contributed by atoms with Gasteiger partial charge in [-0.25, -0.2) is 22.9 Å². The Hall–Kier alpha value is -2.98. The van der Waals surface area contributed by atoms with Crippen molar-refractivity contribution >= 4 is 27.7 Å². The maximum Gasteiger partial charge on any atom is 0.339 e. The van der Waals surface area contributed by atoms with Crippen LogP contribution in [0.2, 0.25) is 0 Å². The van der Waals surface area contributed by atoms with Crippen molar-refractivity contribution in [3.63, 3.8) is 0 Å². The Morgan fingerprint density at radius 1 is 1.09 bits per heavy atom. The molecule has 1 saturated heterocycles. The van der Waals surface area contributed by atoms with Crippen molar-refractivity contribution in [1.29, 1.82) is 0 Å². The van der Waals surface area contributed by atoms with Gasteiger partial charge in [-0.3, -0.25) is 4.79 Å². The molecular formula is C23H28N4O5S. The number of anilines is 1. The van der Waals surface area contributed by atoms with Crippen LogP contribution in [0.5, 0.6) is 0 Å². The standard InChI is InChI=1S/C23H28N4O5S/c1-2-32-23(29)18-7-10-21(24-16-18)26-11-4-12-27(14-13-26)22(28)17-5-3-6-20(15-17)33(30,31)25-19-8-9-19/h3,5-7,10,15-16,19,25H,2,4,8-9,11-14H2,1H3. The SMILES string of the molecule is CCOC(=O)c1ccc(N2CCCN(C(=O)c3cccc(S(=O)(=O)NC4CC4)c3)CC2)nc1. The fourth-order valence-corrected chi connectivity index (χ4v) is 5.08. The van der Waals surface area contributed by atoms with Crippen molar-refractivity contribution in [2.24, 2.45) is 0 Å². The predicted molar refractivity (Wildman–Crippen MR) is 123 cm³/mol. The molecule has 4 rings (SSSR count). The van der Waals surface area contributed by atoms with Crippen LogP contribution in [0.25, 0.3) is 0 Å². The summed E-state index contributed by atoms with van der Waals surface area (Å²) in [5.41, 5.74) is 0.761. The monoisotopic (exact) mass is 472 g/mol. The third kappa shape index (κ3) is 5.69. The van der Waals surface area contributed by atoms with E-state index in [0.717, 1.165) is 31.6 Å². The van der Waals surface area contributed by atoms with E-state index >= 15 is 0 Å². The van der Waals surface area contributed by atoms with E-state index in [2.05, 4.69) is 14.6 Å². The van der Waals surface area contributed by atoms with Crippen LogP contribution in [0.1, 0.15) is 46.9 Å². The van der Waals surface area contributed by atoms with Crippen molar-refractivity contribution in [2.75, 3.05) is 37.7 Å². The number of sulfonamides is 1. The van der Waals surface area contributed by atoms with Gasteiger partial charge in [-0.2, -0.15) is 0 Å². The number of amides is 1. The van der Waals surface area contributed by atoms with Crippen molar-refractivity contribution in [3.8, 4) is 0 Å². The molecule has 0 radical (unpaired) electrons. The number of aromatic nitrogens is 1. The topological polar surface area (TPSA) is 109 Å². The molecule has 1 aromatic heterocycles. The lowest BCUT2D eigenvalue weighted by Crippen LogP contribution is -2.35. The van der Waals surface area contributed by atoms with Gasteiger partial charge in [0.25, 0.3) is 5.91 Å². The molecule has 10 heteroatoms. The van der Waals surface area contributed by atoms with E-state index in [0.29, 0.717) is 37.4 Å². The first-order valence-corrected chi connectivity index (χ1v) is 12.7. The maximum absolute atomic E-state index is 13.1. The molecule has 2 aromatic rings. The molecule has 1 aliphatic heterocycles. The Kier molecular flexibility index (Phi) is 6.94. The molecule has 2 heterocycles. The summed E-state index contributed by atoms with van der Waals surface area (Å²) in [6, 6.07) is 9.69. The molecule has 0 bridgehead atoms. The Morgan fingerprint density at radius 3 is 2.61 bits per heavy atom. The Bertz CT molecular complexity index is 1120. The second kappa shape index (κ2) is 9.88. The molecule has 0 atom stereocenters. The fourth-order valence-electron chi connectivity index (χ4n) is 3.73. The second-order valence-electron chi connectivity index (χ2n) is 8.18. The summed E-state index contributed by atoms with van der Waals surface area (Å²) in [6.07, 6.45) is 3.95. The average molecular weight is 473 g/mol. The first-order chi connectivity index (χ1) is 15.9. The number of ether oxygens (including phenoxy) is 1. The fraction of sp³-hybridized carbons (Fsp3) is 0.435. The molecule has 0 unspecified atom stereocenters. The third-order valence-corrected chi connectivity index (χ3v) is 7.17. The molecule has 2 aliphatic rings. The van der Waals surface area contributed by atoms with Gasteiger partial charge in [0, 0.05) is 44.0 Å². The number of esters is 1. The highest BCUT2D eigenvalue weighted by Gasteiger charge is 2.29. The summed E-state index contributed by atoms with van der Waals surface area (Å²) in [4.78, 5) is 33.3. The summed E-state index contributed by atoms with van der Waals surface area (Å²) < 4.78 is 32.7. The first kappa shape index (κ1) is 23.2. The molecule has 1 amide bonds. The molecule has 1 aromatic carbocycles. The van der Waals surface area contributed by atoms with Gasteiger partial charge in [-0.05, 0) is 56.5 Å². The molecule has 1 N–H and O–H groups in total. The van der Waals surface area contributed by atoms with Gasteiger partial charge < -0.3 is 14.5 Å². The normalized spacial score (nSPS) is 16.9. The minimum Gasteiger partial charge on any atom is -0.462 e. The molecule has 0 spiro atoms. The van der Waals surface area contributed by atoms with Crippen LogP contribution < -0.4 is 9.62 Å². The van der Waals surface area contributed by atoms with Crippen molar-refractivity contribution in [1.82, 2.24) is 14.6 Å². The highest BCUT2D eigenvalue weighted by molar-refractivity contribution is 7.89. The van der Waals surface area contributed by atoms with Crippen molar-refractivity contribution in [2.45, 2.75) is 37.1 Å².